The van der Waals surface area contributed by atoms with Gasteiger partial charge in [-0.25, -0.2) is 4.98 Å². The Hall–Kier alpha value is -0.910. The summed E-state index contributed by atoms with van der Waals surface area (Å²) < 4.78 is 2.09. The molecule has 0 bridgehead atoms. The Morgan fingerprint density at radius 2 is 2.47 bits per heavy atom. The van der Waals surface area contributed by atoms with Crippen LogP contribution in [0.3, 0.4) is 0 Å². The van der Waals surface area contributed by atoms with E-state index in [0.717, 1.165) is 17.2 Å². The number of rotatable bonds is 4. The highest BCUT2D eigenvalue weighted by atomic mass is 32.1. The molecule has 0 aromatic carbocycles. The van der Waals surface area contributed by atoms with E-state index in [1.165, 1.54) is 5.69 Å². The molecule has 1 atom stereocenters. The molecule has 0 aliphatic rings. The molecule has 1 unspecified atom stereocenters. The smallest absolute Gasteiger partial charge is 0.194 e. The molecule has 0 aliphatic heterocycles. The van der Waals surface area contributed by atoms with Gasteiger partial charge in [-0.2, -0.15) is 0 Å². The van der Waals surface area contributed by atoms with E-state index < -0.39 is 0 Å². The van der Waals surface area contributed by atoms with Gasteiger partial charge < -0.3 is 10.4 Å². The van der Waals surface area contributed by atoms with Crippen molar-refractivity contribution in [2.24, 2.45) is 0 Å². The lowest BCUT2D eigenvalue weighted by Crippen LogP contribution is -2.29. The molecule has 0 amide bonds. The Balaban J connectivity index is 2.19. The summed E-state index contributed by atoms with van der Waals surface area (Å²) in [6.45, 7) is 4.87. The summed E-state index contributed by atoms with van der Waals surface area (Å²) >= 11 is 1.64. The first-order valence-corrected chi connectivity index (χ1v) is 5.85. The molecule has 0 aliphatic carbocycles. The first kappa shape index (κ1) is 10.6. The van der Waals surface area contributed by atoms with E-state index in [0.29, 0.717) is 0 Å². The van der Waals surface area contributed by atoms with Crippen LogP contribution < -0.4 is 5.32 Å². The molecule has 4 nitrogen and oxygen atoms in total. The number of hydrogen-bond acceptors (Lipinski definition) is 4. The van der Waals surface area contributed by atoms with Gasteiger partial charge in [-0.1, -0.05) is 0 Å². The highest BCUT2D eigenvalue weighted by molar-refractivity contribution is 7.15. The van der Waals surface area contributed by atoms with Gasteiger partial charge >= 0.3 is 0 Å². The van der Waals surface area contributed by atoms with E-state index in [2.05, 4.69) is 14.7 Å². The van der Waals surface area contributed by atoms with Gasteiger partial charge in [0, 0.05) is 24.2 Å². The fourth-order valence-electron chi connectivity index (χ4n) is 1.49. The van der Waals surface area contributed by atoms with Crippen molar-refractivity contribution in [3.8, 4) is 0 Å². The van der Waals surface area contributed by atoms with E-state index in [9.17, 15) is 0 Å². The number of aromatic nitrogens is 2. The maximum absolute atomic E-state index is 8.92. The Morgan fingerprint density at radius 3 is 3.20 bits per heavy atom. The van der Waals surface area contributed by atoms with Gasteiger partial charge in [0.15, 0.2) is 4.96 Å². The lowest BCUT2D eigenvalue weighted by Gasteiger charge is -2.10. The van der Waals surface area contributed by atoms with E-state index in [4.69, 9.17) is 5.11 Å². The predicted molar refractivity (Wildman–Crippen MR) is 61.2 cm³/mol. The summed E-state index contributed by atoms with van der Waals surface area (Å²) in [5, 5.41) is 14.2. The lowest BCUT2D eigenvalue weighted by atomic mass is 10.3. The monoisotopic (exact) mass is 225 g/mol. The second-order valence-corrected chi connectivity index (χ2v) is 4.54. The molecule has 2 aromatic heterocycles. The zero-order valence-corrected chi connectivity index (χ0v) is 9.71. The average Bonchev–Trinajstić information content (AvgIpc) is 2.75. The van der Waals surface area contributed by atoms with Crippen LogP contribution in [-0.4, -0.2) is 27.1 Å². The number of nitrogens with one attached hydrogen (secondary N) is 1. The number of aliphatic hydroxyl groups excluding tert-OH is 1. The van der Waals surface area contributed by atoms with Gasteiger partial charge in [-0.15, -0.1) is 11.3 Å². The maximum Gasteiger partial charge on any atom is 0.194 e. The maximum atomic E-state index is 8.92. The molecule has 0 saturated heterocycles. The van der Waals surface area contributed by atoms with Crippen molar-refractivity contribution < 1.29 is 5.11 Å². The van der Waals surface area contributed by atoms with E-state index in [-0.39, 0.29) is 12.6 Å². The Bertz CT molecular complexity index is 448. The quantitative estimate of drug-likeness (QED) is 0.821. The molecule has 15 heavy (non-hydrogen) atoms. The molecule has 0 spiro atoms. The molecule has 0 fully saturated rings. The Labute approximate surface area is 92.6 Å². The fraction of sp³-hybridized carbons (Fsp3) is 0.500. The third kappa shape index (κ3) is 2.04. The van der Waals surface area contributed by atoms with Crippen LogP contribution in [0.2, 0.25) is 0 Å². The number of hydrogen-bond donors (Lipinski definition) is 2. The molecule has 5 heteroatoms. The second kappa shape index (κ2) is 4.30. The summed E-state index contributed by atoms with van der Waals surface area (Å²) in [5.41, 5.74) is 2.23. The number of aryl methyl sites for hydroxylation is 1. The van der Waals surface area contributed by atoms with Gasteiger partial charge in [0.1, 0.15) is 0 Å². The largest absolute Gasteiger partial charge is 0.395 e. The topological polar surface area (TPSA) is 49.6 Å². The summed E-state index contributed by atoms with van der Waals surface area (Å²) in [4.78, 5) is 5.48. The fourth-order valence-corrected chi connectivity index (χ4v) is 2.27. The number of nitrogens with zero attached hydrogens (tertiary/aromatic N) is 2. The van der Waals surface area contributed by atoms with Crippen LogP contribution in [0.4, 0.5) is 0 Å². The first-order chi connectivity index (χ1) is 7.22. The Kier molecular flexibility index (Phi) is 3.04. The van der Waals surface area contributed by atoms with E-state index in [1.54, 1.807) is 11.3 Å². The van der Waals surface area contributed by atoms with E-state index >= 15 is 0 Å². The van der Waals surface area contributed by atoms with Crippen molar-refractivity contribution in [1.82, 2.24) is 14.7 Å². The molecule has 2 aromatic rings. The normalized spacial score (nSPS) is 13.5. The third-order valence-electron chi connectivity index (χ3n) is 2.45. The molecule has 2 rings (SSSR count). The minimum Gasteiger partial charge on any atom is -0.395 e. The van der Waals surface area contributed by atoms with Crippen molar-refractivity contribution in [2.75, 3.05) is 6.61 Å². The number of aliphatic hydroxyl groups is 1. The minimum absolute atomic E-state index is 0.119. The van der Waals surface area contributed by atoms with Crippen LogP contribution in [0.1, 0.15) is 18.3 Å². The molecule has 0 saturated carbocycles. The molecule has 0 radical (unpaired) electrons. The first-order valence-electron chi connectivity index (χ1n) is 4.97. The van der Waals surface area contributed by atoms with Crippen LogP contribution in [0.25, 0.3) is 4.96 Å². The Morgan fingerprint density at radius 1 is 1.67 bits per heavy atom. The van der Waals surface area contributed by atoms with Crippen molar-refractivity contribution in [3.05, 3.63) is 23.0 Å². The predicted octanol–water partition coefficient (Wildman–Crippen LogP) is 1.17. The summed E-state index contributed by atoms with van der Waals surface area (Å²) in [5.74, 6) is 0. The molecule has 2 N–H and O–H groups in total. The van der Waals surface area contributed by atoms with Crippen LogP contribution in [0.5, 0.6) is 0 Å². The van der Waals surface area contributed by atoms with Crippen molar-refractivity contribution in [3.63, 3.8) is 0 Å². The van der Waals surface area contributed by atoms with Gasteiger partial charge in [0.25, 0.3) is 0 Å². The SMILES string of the molecule is Cc1nc2sccn2c1CNC(C)CO. The summed E-state index contributed by atoms with van der Waals surface area (Å²) in [6.07, 6.45) is 2.03. The van der Waals surface area contributed by atoms with Crippen molar-refractivity contribution in [1.29, 1.82) is 0 Å². The van der Waals surface area contributed by atoms with E-state index in [1.807, 2.05) is 25.4 Å². The zero-order valence-electron chi connectivity index (χ0n) is 8.90. The minimum atomic E-state index is 0.119. The average molecular weight is 225 g/mol. The molecule has 2 heterocycles. The summed E-state index contributed by atoms with van der Waals surface area (Å²) in [7, 11) is 0. The molecule has 82 valence electrons. The zero-order chi connectivity index (χ0) is 10.8. The van der Waals surface area contributed by atoms with Gasteiger partial charge in [0.2, 0.25) is 0 Å². The van der Waals surface area contributed by atoms with Gasteiger partial charge in [-0.3, -0.25) is 4.40 Å². The highest BCUT2D eigenvalue weighted by Gasteiger charge is 2.09. The van der Waals surface area contributed by atoms with Crippen LogP contribution in [0.15, 0.2) is 11.6 Å². The highest BCUT2D eigenvalue weighted by Crippen LogP contribution is 2.16. The number of imidazole rings is 1. The number of thiazole rings is 1. The van der Waals surface area contributed by atoms with Gasteiger partial charge in [-0.05, 0) is 13.8 Å². The molecular formula is C10H15N3OS. The van der Waals surface area contributed by atoms with Crippen molar-refractivity contribution in [2.45, 2.75) is 26.4 Å². The summed E-state index contributed by atoms with van der Waals surface area (Å²) in [6, 6.07) is 0.119. The number of fused-ring (bicyclic) bond motifs is 1. The lowest BCUT2D eigenvalue weighted by molar-refractivity contribution is 0.250. The van der Waals surface area contributed by atoms with Gasteiger partial charge in [0.05, 0.1) is 18.0 Å². The van der Waals surface area contributed by atoms with Crippen LogP contribution in [0, 0.1) is 6.92 Å². The standard InChI is InChI=1S/C10H15N3OS/c1-7(6-14)11-5-9-8(2)12-10-13(9)3-4-15-10/h3-4,7,11,14H,5-6H2,1-2H3. The molecular weight excluding hydrogens is 210 g/mol. The van der Waals surface area contributed by atoms with Crippen molar-refractivity contribution >= 4 is 16.3 Å². The van der Waals surface area contributed by atoms with Crippen LogP contribution in [-0.2, 0) is 6.54 Å². The second-order valence-electron chi connectivity index (χ2n) is 3.66. The third-order valence-corrected chi connectivity index (χ3v) is 3.21. The van der Waals surface area contributed by atoms with Crippen LogP contribution >= 0.6 is 11.3 Å².